The lowest BCUT2D eigenvalue weighted by Gasteiger charge is -2.26. The van der Waals surface area contributed by atoms with Crippen LogP contribution in [0.1, 0.15) is 58.3 Å². The van der Waals surface area contributed by atoms with Crippen LogP contribution in [0.4, 0.5) is 17.6 Å². The number of ether oxygens (including phenoxy) is 1. The lowest BCUT2D eigenvalue weighted by atomic mass is 9.87. The maximum absolute atomic E-state index is 12.7. The second-order valence-corrected chi connectivity index (χ2v) is 6.36. The smallest absolute Gasteiger partial charge is 0.308 e. The Morgan fingerprint density at radius 2 is 1.43 bits per heavy atom. The van der Waals surface area contributed by atoms with Crippen molar-refractivity contribution >= 4 is 5.97 Å². The lowest BCUT2D eigenvalue weighted by molar-refractivity contribution is -0.152. The summed E-state index contributed by atoms with van der Waals surface area (Å²) in [6.07, 6.45) is 1.01. The summed E-state index contributed by atoms with van der Waals surface area (Å²) in [4.78, 5) is 11.1. The molecule has 3 nitrogen and oxygen atoms in total. The minimum Gasteiger partial charge on any atom is -0.466 e. The van der Waals surface area contributed by atoms with Gasteiger partial charge in [0.2, 0.25) is 11.8 Å². The molecule has 2 aliphatic carbocycles. The van der Waals surface area contributed by atoms with Crippen molar-refractivity contribution in [3.05, 3.63) is 0 Å². The van der Waals surface area contributed by atoms with Crippen LogP contribution in [0.3, 0.4) is 0 Å². The van der Waals surface area contributed by atoms with E-state index >= 15 is 0 Å². The van der Waals surface area contributed by atoms with E-state index in [-0.39, 0.29) is 62.9 Å². The minimum atomic E-state index is -2.57. The quantitative estimate of drug-likeness (QED) is 0.618. The molecule has 2 saturated carbocycles. The number of alkyl halides is 4. The Hall–Kier alpha value is -0.850. The molecule has 23 heavy (non-hydrogen) atoms. The second-order valence-electron chi connectivity index (χ2n) is 6.36. The van der Waals surface area contributed by atoms with Crippen LogP contribution < -0.4 is 0 Å². The number of esters is 1. The van der Waals surface area contributed by atoms with E-state index in [1.165, 1.54) is 0 Å². The fourth-order valence-electron chi connectivity index (χ4n) is 2.82. The molecular formula is C16H26F4O3. The molecule has 0 bridgehead atoms. The van der Waals surface area contributed by atoms with E-state index in [0.717, 1.165) is 0 Å². The Kier molecular flexibility index (Phi) is 7.77. The van der Waals surface area contributed by atoms with Crippen LogP contribution in [0.25, 0.3) is 0 Å². The number of rotatable bonds is 3. The second kappa shape index (κ2) is 8.85. The zero-order valence-electron chi connectivity index (χ0n) is 13.5. The van der Waals surface area contributed by atoms with Gasteiger partial charge in [0.1, 0.15) is 0 Å². The van der Waals surface area contributed by atoms with Gasteiger partial charge in [-0.05, 0) is 38.5 Å². The van der Waals surface area contributed by atoms with Crippen molar-refractivity contribution in [3.8, 4) is 0 Å². The molecule has 2 aliphatic rings. The van der Waals surface area contributed by atoms with Gasteiger partial charge in [-0.1, -0.05) is 0 Å². The molecule has 0 aromatic heterocycles. The first-order valence-corrected chi connectivity index (χ1v) is 8.22. The average Bonchev–Trinajstić information content (AvgIpc) is 2.48. The number of aliphatic hydroxyl groups is 1. The molecule has 7 heteroatoms. The van der Waals surface area contributed by atoms with Gasteiger partial charge in [-0.15, -0.1) is 0 Å². The topological polar surface area (TPSA) is 46.5 Å². The maximum atomic E-state index is 12.7. The molecule has 0 unspecified atom stereocenters. The van der Waals surface area contributed by atoms with Gasteiger partial charge in [-0.25, -0.2) is 17.6 Å². The zero-order valence-corrected chi connectivity index (χ0v) is 13.5. The lowest BCUT2D eigenvalue weighted by Crippen LogP contribution is -2.29. The van der Waals surface area contributed by atoms with Crippen LogP contribution in [0.15, 0.2) is 0 Å². The third-order valence-corrected chi connectivity index (χ3v) is 4.43. The van der Waals surface area contributed by atoms with Crippen molar-refractivity contribution in [3.63, 3.8) is 0 Å². The number of aliphatic hydroxyl groups excluding tert-OH is 1. The Balaban J connectivity index is 0.000000238. The Labute approximate surface area is 134 Å². The molecule has 2 fully saturated rings. The zero-order chi connectivity index (χ0) is 17.5. The average molecular weight is 342 g/mol. The molecule has 0 aromatic rings. The summed E-state index contributed by atoms with van der Waals surface area (Å²) >= 11 is 0. The van der Waals surface area contributed by atoms with E-state index in [0.29, 0.717) is 19.4 Å². The molecule has 1 N–H and O–H groups in total. The summed E-state index contributed by atoms with van der Waals surface area (Å²) in [6, 6.07) is 0. The van der Waals surface area contributed by atoms with Crippen molar-refractivity contribution in [1.82, 2.24) is 0 Å². The highest BCUT2D eigenvalue weighted by molar-refractivity contribution is 5.72. The number of carbonyl (C=O) groups excluding carboxylic acids is 1. The predicted octanol–water partition coefficient (Wildman–Crippen LogP) is 4.18. The van der Waals surface area contributed by atoms with Crippen molar-refractivity contribution < 1.29 is 32.2 Å². The molecule has 0 amide bonds. The molecule has 136 valence electrons. The fourth-order valence-corrected chi connectivity index (χ4v) is 2.82. The van der Waals surface area contributed by atoms with Gasteiger partial charge < -0.3 is 9.84 Å². The molecule has 0 atom stereocenters. The van der Waals surface area contributed by atoms with E-state index in [1.54, 1.807) is 6.92 Å². The summed E-state index contributed by atoms with van der Waals surface area (Å²) in [5, 5.41) is 8.62. The third kappa shape index (κ3) is 7.50. The van der Waals surface area contributed by atoms with Gasteiger partial charge in [-0.3, -0.25) is 4.79 Å². The Morgan fingerprint density at radius 3 is 1.83 bits per heavy atom. The number of carbonyl (C=O) groups is 1. The van der Waals surface area contributed by atoms with Gasteiger partial charge in [0.05, 0.1) is 12.5 Å². The SMILES string of the molecule is CCOC(=O)C1CCC(F)(F)CC1.OCC1CCC(F)(F)CC1. The van der Waals surface area contributed by atoms with Crippen molar-refractivity contribution in [2.24, 2.45) is 11.8 Å². The highest BCUT2D eigenvalue weighted by atomic mass is 19.3. The summed E-state index contributed by atoms with van der Waals surface area (Å²) < 4.78 is 55.0. The first kappa shape index (κ1) is 20.2. The number of hydrogen-bond acceptors (Lipinski definition) is 3. The van der Waals surface area contributed by atoms with Crippen LogP contribution in [0.5, 0.6) is 0 Å². The summed E-state index contributed by atoms with van der Waals surface area (Å²) in [7, 11) is 0. The molecule has 0 aliphatic heterocycles. The monoisotopic (exact) mass is 342 g/mol. The van der Waals surface area contributed by atoms with Crippen LogP contribution in [-0.4, -0.2) is 36.1 Å². The molecule has 0 aromatic carbocycles. The summed E-state index contributed by atoms with van der Waals surface area (Å²) in [6.45, 7) is 2.11. The standard InChI is InChI=1S/C9H14F2O2.C7H12F2O/c1-2-13-8(12)7-3-5-9(10,11)6-4-7;8-7(9)3-1-6(5-10)2-4-7/h7H,2-6H2,1H3;6,10H,1-5H2. The maximum Gasteiger partial charge on any atom is 0.308 e. The van der Waals surface area contributed by atoms with Crippen LogP contribution in [-0.2, 0) is 9.53 Å². The van der Waals surface area contributed by atoms with Crippen molar-refractivity contribution in [2.45, 2.75) is 70.1 Å². The first-order valence-electron chi connectivity index (χ1n) is 8.22. The molecule has 0 heterocycles. The highest BCUT2D eigenvalue weighted by Crippen LogP contribution is 2.37. The molecular weight excluding hydrogens is 316 g/mol. The van der Waals surface area contributed by atoms with E-state index in [2.05, 4.69) is 0 Å². The van der Waals surface area contributed by atoms with Gasteiger partial charge in [0.15, 0.2) is 0 Å². The minimum absolute atomic E-state index is 0.0434. The van der Waals surface area contributed by atoms with Gasteiger partial charge >= 0.3 is 5.97 Å². The highest BCUT2D eigenvalue weighted by Gasteiger charge is 2.37. The normalized spacial score (nSPS) is 24.4. The Morgan fingerprint density at radius 1 is 1.00 bits per heavy atom. The number of halogens is 4. The van der Waals surface area contributed by atoms with Crippen LogP contribution in [0, 0.1) is 11.8 Å². The van der Waals surface area contributed by atoms with Crippen molar-refractivity contribution in [1.29, 1.82) is 0 Å². The van der Waals surface area contributed by atoms with E-state index in [1.807, 2.05) is 0 Å². The fraction of sp³-hybridized carbons (Fsp3) is 0.938. The number of hydrogen-bond donors (Lipinski definition) is 1. The van der Waals surface area contributed by atoms with Crippen molar-refractivity contribution in [2.75, 3.05) is 13.2 Å². The van der Waals surface area contributed by atoms with Crippen LogP contribution >= 0.6 is 0 Å². The molecule has 2 rings (SSSR count). The Bertz CT molecular complexity index is 354. The first-order chi connectivity index (χ1) is 10.7. The predicted molar refractivity (Wildman–Crippen MR) is 77.5 cm³/mol. The van der Waals surface area contributed by atoms with Gasteiger partial charge in [0.25, 0.3) is 0 Å². The third-order valence-electron chi connectivity index (χ3n) is 4.43. The van der Waals surface area contributed by atoms with Crippen LogP contribution in [0.2, 0.25) is 0 Å². The molecule has 0 radical (unpaired) electrons. The summed E-state index contributed by atoms with van der Waals surface area (Å²) in [5.74, 6) is -5.52. The van der Waals surface area contributed by atoms with E-state index in [4.69, 9.17) is 9.84 Å². The van der Waals surface area contributed by atoms with Gasteiger partial charge in [0, 0.05) is 32.3 Å². The molecule has 0 spiro atoms. The van der Waals surface area contributed by atoms with E-state index < -0.39 is 11.8 Å². The molecule has 0 saturated heterocycles. The summed E-state index contributed by atoms with van der Waals surface area (Å²) in [5.41, 5.74) is 0. The largest absolute Gasteiger partial charge is 0.466 e. The van der Waals surface area contributed by atoms with Gasteiger partial charge in [-0.2, -0.15) is 0 Å². The van der Waals surface area contributed by atoms with E-state index in [9.17, 15) is 22.4 Å².